The Kier molecular flexibility index (Phi) is 3.54. The Morgan fingerprint density at radius 1 is 1.50 bits per heavy atom. The third kappa shape index (κ3) is 2.32. The van der Waals surface area contributed by atoms with Crippen LogP contribution < -0.4 is 4.74 Å². The molecule has 2 rings (SSSR count). The molecule has 6 heteroatoms. The molecule has 4 nitrogen and oxygen atoms in total. The molecule has 0 amide bonds. The highest BCUT2D eigenvalue weighted by molar-refractivity contribution is 7.14. The number of carbonyl (C=O) groups is 1. The molecule has 1 aromatic heterocycles. The van der Waals surface area contributed by atoms with Gasteiger partial charge in [0.2, 0.25) is 0 Å². The van der Waals surface area contributed by atoms with Crippen LogP contribution in [0.15, 0.2) is 18.2 Å². The number of carboxylic acid groups (broad SMARTS) is 1. The van der Waals surface area contributed by atoms with Crippen molar-refractivity contribution < 1.29 is 14.6 Å². The minimum absolute atomic E-state index is 0.216. The van der Waals surface area contributed by atoms with Gasteiger partial charge in [-0.2, -0.15) is 0 Å². The molecular formula is C12H10ClNO3S. The summed E-state index contributed by atoms with van der Waals surface area (Å²) in [6.45, 7) is 1.77. The zero-order valence-electron chi connectivity index (χ0n) is 9.73. The Hall–Kier alpha value is -1.59. The predicted octanol–water partition coefficient (Wildman–Crippen LogP) is 3.48. The number of aromatic nitrogens is 1. The van der Waals surface area contributed by atoms with Gasteiger partial charge in [0.1, 0.15) is 10.6 Å². The summed E-state index contributed by atoms with van der Waals surface area (Å²) in [7, 11) is 1.52. The molecule has 0 aliphatic rings. The van der Waals surface area contributed by atoms with E-state index in [0.717, 1.165) is 11.3 Å². The van der Waals surface area contributed by atoms with E-state index in [0.29, 0.717) is 27.0 Å². The molecule has 0 spiro atoms. The fraction of sp³-hybridized carbons (Fsp3) is 0.167. The number of hydrogen-bond acceptors (Lipinski definition) is 4. The van der Waals surface area contributed by atoms with Gasteiger partial charge in [-0.1, -0.05) is 11.6 Å². The monoisotopic (exact) mass is 283 g/mol. The van der Waals surface area contributed by atoms with Crippen LogP contribution in [0, 0.1) is 6.92 Å². The number of benzene rings is 1. The largest absolute Gasteiger partial charge is 0.495 e. The Labute approximate surface area is 113 Å². The van der Waals surface area contributed by atoms with Crippen LogP contribution in [0.2, 0.25) is 5.02 Å². The lowest BCUT2D eigenvalue weighted by Crippen LogP contribution is -1.95. The number of thiazole rings is 1. The van der Waals surface area contributed by atoms with Crippen molar-refractivity contribution >= 4 is 28.9 Å². The molecule has 1 aromatic carbocycles. The zero-order valence-corrected chi connectivity index (χ0v) is 11.3. The van der Waals surface area contributed by atoms with Crippen LogP contribution in [0.1, 0.15) is 14.7 Å². The fourth-order valence-corrected chi connectivity index (χ4v) is 2.62. The van der Waals surface area contributed by atoms with E-state index >= 15 is 0 Å². The molecule has 0 aliphatic carbocycles. The fourth-order valence-electron chi connectivity index (χ4n) is 1.58. The van der Waals surface area contributed by atoms with Gasteiger partial charge in [0.05, 0.1) is 22.8 Å². The smallest absolute Gasteiger partial charge is 0.348 e. The van der Waals surface area contributed by atoms with E-state index < -0.39 is 5.97 Å². The summed E-state index contributed by atoms with van der Waals surface area (Å²) in [5.41, 5.74) is 1.11. The normalized spacial score (nSPS) is 10.4. The molecule has 0 radical (unpaired) electrons. The quantitative estimate of drug-likeness (QED) is 0.937. The summed E-state index contributed by atoms with van der Waals surface area (Å²) >= 11 is 7.17. The minimum atomic E-state index is -0.984. The minimum Gasteiger partial charge on any atom is -0.495 e. The van der Waals surface area contributed by atoms with Gasteiger partial charge in [-0.25, -0.2) is 9.78 Å². The summed E-state index contributed by atoms with van der Waals surface area (Å²) in [5, 5.41) is 10.3. The molecule has 2 aromatic rings. The summed E-state index contributed by atoms with van der Waals surface area (Å²) in [6, 6.07) is 5.09. The molecule has 94 valence electrons. The maximum absolute atomic E-state index is 11.1. The highest BCUT2D eigenvalue weighted by Crippen LogP contribution is 2.33. The topological polar surface area (TPSA) is 59.4 Å². The number of nitrogens with zero attached hydrogens (tertiary/aromatic N) is 1. The first-order valence-electron chi connectivity index (χ1n) is 5.07. The number of carboxylic acids is 1. The van der Waals surface area contributed by atoms with Crippen LogP contribution >= 0.6 is 22.9 Å². The van der Waals surface area contributed by atoms with Crippen molar-refractivity contribution in [3.05, 3.63) is 33.1 Å². The first-order valence-corrected chi connectivity index (χ1v) is 6.27. The standard InChI is InChI=1S/C12H10ClNO3S/c1-6-14-10(11(18-6)12(15)16)7-3-4-9(17-2)8(13)5-7/h3-5H,1-2H3,(H,15,16). The van der Waals surface area contributed by atoms with E-state index in [1.165, 1.54) is 7.11 Å². The average molecular weight is 284 g/mol. The number of aryl methyl sites for hydroxylation is 1. The maximum Gasteiger partial charge on any atom is 0.348 e. The van der Waals surface area contributed by atoms with Crippen molar-refractivity contribution in [1.29, 1.82) is 0 Å². The zero-order chi connectivity index (χ0) is 13.3. The summed E-state index contributed by atoms with van der Waals surface area (Å²) < 4.78 is 5.05. The second-order valence-corrected chi connectivity index (χ2v) is 5.18. The molecule has 0 aliphatic heterocycles. The van der Waals surface area contributed by atoms with Gasteiger partial charge in [-0.3, -0.25) is 0 Å². The van der Waals surface area contributed by atoms with Crippen molar-refractivity contribution in [2.24, 2.45) is 0 Å². The number of methoxy groups -OCH3 is 1. The van der Waals surface area contributed by atoms with E-state index in [1.807, 2.05) is 0 Å². The molecule has 1 heterocycles. The van der Waals surface area contributed by atoms with E-state index in [2.05, 4.69) is 4.98 Å². The first-order chi connectivity index (χ1) is 8.52. The van der Waals surface area contributed by atoms with Gasteiger partial charge >= 0.3 is 5.97 Å². The lowest BCUT2D eigenvalue weighted by atomic mass is 10.1. The molecular weight excluding hydrogens is 274 g/mol. The third-order valence-corrected chi connectivity index (χ3v) is 3.61. The van der Waals surface area contributed by atoms with Gasteiger partial charge in [0.15, 0.2) is 0 Å². The Morgan fingerprint density at radius 2 is 2.22 bits per heavy atom. The Balaban J connectivity index is 2.55. The summed E-state index contributed by atoms with van der Waals surface area (Å²) in [5.74, 6) is -0.438. The highest BCUT2D eigenvalue weighted by atomic mass is 35.5. The number of rotatable bonds is 3. The molecule has 0 saturated heterocycles. The summed E-state index contributed by atoms with van der Waals surface area (Å²) in [4.78, 5) is 15.6. The van der Waals surface area contributed by atoms with Crippen molar-refractivity contribution in [3.63, 3.8) is 0 Å². The molecule has 0 unspecified atom stereocenters. The van der Waals surface area contributed by atoms with Crippen molar-refractivity contribution in [2.75, 3.05) is 7.11 Å². The second kappa shape index (κ2) is 4.96. The third-order valence-electron chi connectivity index (χ3n) is 2.35. The Morgan fingerprint density at radius 3 is 2.78 bits per heavy atom. The molecule has 0 fully saturated rings. The Bertz CT molecular complexity index is 609. The number of aromatic carboxylic acids is 1. The van der Waals surface area contributed by atoms with Crippen LogP contribution in [0.4, 0.5) is 0 Å². The van der Waals surface area contributed by atoms with Crippen molar-refractivity contribution in [3.8, 4) is 17.0 Å². The maximum atomic E-state index is 11.1. The lowest BCUT2D eigenvalue weighted by Gasteiger charge is -2.05. The van der Waals surface area contributed by atoms with Crippen molar-refractivity contribution in [1.82, 2.24) is 4.98 Å². The first kappa shape index (κ1) is 12.9. The van der Waals surface area contributed by atoms with E-state index in [-0.39, 0.29) is 4.88 Å². The van der Waals surface area contributed by atoms with E-state index in [4.69, 9.17) is 21.4 Å². The average Bonchev–Trinajstić information content (AvgIpc) is 2.71. The van der Waals surface area contributed by atoms with Crippen LogP contribution in [0.5, 0.6) is 5.75 Å². The van der Waals surface area contributed by atoms with Crippen LogP contribution in [0.3, 0.4) is 0 Å². The number of halogens is 1. The van der Waals surface area contributed by atoms with Crippen molar-refractivity contribution in [2.45, 2.75) is 6.92 Å². The van der Waals surface area contributed by atoms with E-state index in [1.54, 1.807) is 25.1 Å². The van der Waals surface area contributed by atoms with Gasteiger partial charge in [0, 0.05) is 5.56 Å². The van der Waals surface area contributed by atoms with Crippen LogP contribution in [0.25, 0.3) is 11.3 Å². The molecule has 18 heavy (non-hydrogen) atoms. The predicted molar refractivity (Wildman–Crippen MR) is 70.8 cm³/mol. The highest BCUT2D eigenvalue weighted by Gasteiger charge is 2.18. The van der Waals surface area contributed by atoms with Gasteiger partial charge in [-0.15, -0.1) is 11.3 Å². The molecule has 0 saturated carbocycles. The van der Waals surface area contributed by atoms with E-state index in [9.17, 15) is 4.79 Å². The molecule has 0 bridgehead atoms. The van der Waals surface area contributed by atoms with Gasteiger partial charge in [-0.05, 0) is 25.1 Å². The summed E-state index contributed by atoms with van der Waals surface area (Å²) in [6.07, 6.45) is 0. The SMILES string of the molecule is COc1ccc(-c2nc(C)sc2C(=O)O)cc1Cl. The number of hydrogen-bond donors (Lipinski definition) is 1. The second-order valence-electron chi connectivity index (χ2n) is 3.57. The molecule has 0 atom stereocenters. The van der Waals surface area contributed by atoms with Crippen LogP contribution in [-0.2, 0) is 0 Å². The van der Waals surface area contributed by atoms with Gasteiger partial charge < -0.3 is 9.84 Å². The molecule has 1 N–H and O–H groups in total. The lowest BCUT2D eigenvalue weighted by molar-refractivity contribution is 0.0702. The van der Waals surface area contributed by atoms with Gasteiger partial charge in [0.25, 0.3) is 0 Å². The van der Waals surface area contributed by atoms with Crippen LogP contribution in [-0.4, -0.2) is 23.2 Å². The number of ether oxygens (including phenoxy) is 1.